The molecule has 0 aromatic rings. The lowest BCUT2D eigenvalue weighted by molar-refractivity contribution is -0.571. The van der Waals surface area contributed by atoms with E-state index in [9.17, 15) is 14.4 Å². The summed E-state index contributed by atoms with van der Waals surface area (Å²) in [7, 11) is 0. The number of fused-ring (bicyclic) bond motifs is 6. The summed E-state index contributed by atoms with van der Waals surface area (Å²) >= 11 is 0. The molecule has 18 heteroatoms. The smallest absolute Gasteiger partial charge is 0.308 e. The zero-order valence-corrected chi connectivity index (χ0v) is 43.9. The Bertz CT molecular complexity index is 2000. The van der Waals surface area contributed by atoms with E-state index in [0.717, 1.165) is 57.8 Å². The van der Waals surface area contributed by atoms with Crippen molar-refractivity contribution in [1.29, 1.82) is 0 Å². The second kappa shape index (κ2) is 18.3. The van der Waals surface area contributed by atoms with E-state index in [0.29, 0.717) is 37.0 Å². The minimum absolute atomic E-state index is 0.0271. The summed E-state index contributed by atoms with van der Waals surface area (Å²) < 4.78 is 52.0. The van der Waals surface area contributed by atoms with Crippen molar-refractivity contribution in [3.05, 3.63) is 0 Å². The first-order chi connectivity index (χ1) is 34.3. The molecule has 12 heterocycles. The second-order valence-electron chi connectivity index (χ2n) is 25.5. The third kappa shape index (κ3) is 8.01. The van der Waals surface area contributed by atoms with Crippen LogP contribution in [0.4, 0.5) is 0 Å². The molecule has 6 bridgehead atoms. The van der Waals surface area contributed by atoms with Crippen LogP contribution in [0.1, 0.15) is 159 Å². The Kier molecular flexibility index (Phi) is 12.9. The van der Waals surface area contributed by atoms with Gasteiger partial charge in [0, 0.05) is 37.0 Å². The topological polar surface area (TPSA) is 192 Å². The number of hydrogen-bond donors (Lipinski definition) is 1. The van der Waals surface area contributed by atoms with Gasteiger partial charge in [0.2, 0.25) is 23.3 Å². The molecule has 1 N–H and O–H groups in total. The van der Waals surface area contributed by atoms with Crippen LogP contribution >= 0.6 is 0 Å². The molecule has 0 aromatic heterocycles. The first-order valence-electron chi connectivity index (χ1n) is 28.0. The molecule has 15 rings (SSSR count). The summed E-state index contributed by atoms with van der Waals surface area (Å²) in [6.07, 6.45) is 5.85. The summed E-state index contributed by atoms with van der Waals surface area (Å²) in [6, 6.07) is 0. The highest BCUT2D eigenvalue weighted by Crippen LogP contribution is 2.64. The fourth-order valence-electron chi connectivity index (χ4n) is 17.1. The predicted molar refractivity (Wildman–Crippen MR) is 248 cm³/mol. The summed E-state index contributed by atoms with van der Waals surface area (Å²) in [6.45, 7) is 18.4. The molecule has 25 atom stereocenters. The van der Waals surface area contributed by atoms with Crippen molar-refractivity contribution >= 4 is 17.8 Å². The van der Waals surface area contributed by atoms with Crippen LogP contribution in [0.15, 0.2) is 0 Å². The quantitative estimate of drug-likeness (QED) is 0.158. The molecule has 7 unspecified atom stereocenters. The van der Waals surface area contributed by atoms with E-state index in [-0.39, 0.29) is 91.6 Å². The Morgan fingerprint density at radius 2 is 0.861 bits per heavy atom. The Balaban J connectivity index is 0.732. The summed E-state index contributed by atoms with van der Waals surface area (Å²) in [5.41, 5.74) is -2.28. The van der Waals surface area contributed by atoms with Crippen molar-refractivity contribution in [2.24, 2.45) is 71.0 Å². The monoisotopic (exact) mass is 1020 g/mol. The highest BCUT2D eigenvalue weighted by Gasteiger charge is 2.72. The Morgan fingerprint density at radius 3 is 1.26 bits per heavy atom. The van der Waals surface area contributed by atoms with Gasteiger partial charge in [-0.2, -0.15) is 0 Å². The first-order valence-corrected chi connectivity index (χ1v) is 28.0. The lowest BCUT2D eigenvalue weighted by atomic mass is 9.57. The van der Waals surface area contributed by atoms with Gasteiger partial charge in [0.25, 0.3) is 0 Å². The van der Waals surface area contributed by atoms with Gasteiger partial charge in [-0.3, -0.25) is 14.4 Å². The van der Waals surface area contributed by atoms with Gasteiger partial charge in [0.05, 0.1) is 44.1 Å². The number of nitrogens with one attached hydrogen (secondary N) is 1. The van der Waals surface area contributed by atoms with Crippen LogP contribution in [-0.4, -0.2) is 108 Å². The summed E-state index contributed by atoms with van der Waals surface area (Å²) in [4.78, 5) is 79.3. The first kappa shape index (κ1) is 50.7. The van der Waals surface area contributed by atoms with E-state index in [1.165, 1.54) is 0 Å². The van der Waals surface area contributed by atoms with Crippen molar-refractivity contribution in [3.63, 3.8) is 0 Å². The SMILES string of the molecule is C[C@@H]1CC[C@H]2[C@@H](C)C(CC(=O)NCC(COC(=O)CC3O[C@@H]4OC5(C)CC[C@H]6[C@H](C)CC[C@@H]([C@H]3C)[C@@]46OO5)OC(=O)CC3O[C@@H]4OC5(C)CC[C@H]6[C@H](C)CC[C@@H]([C@H]3C)[C@@]46OO5)O[C@@H]3OC4(C)CC[C@@H]1[C@]32OO4. The van der Waals surface area contributed by atoms with Gasteiger partial charge in [0.15, 0.2) is 41.8 Å². The number of esters is 2. The van der Waals surface area contributed by atoms with E-state index in [4.69, 9.17) is 67.2 Å². The van der Waals surface area contributed by atoms with Gasteiger partial charge < -0.3 is 43.2 Å². The fourth-order valence-corrected chi connectivity index (χ4v) is 17.1. The summed E-state index contributed by atoms with van der Waals surface area (Å²) in [5.74, 6) is -2.47. The molecule has 0 aromatic carbocycles. The number of carbonyl (C=O) groups is 3. The van der Waals surface area contributed by atoms with E-state index < -0.39 is 89.4 Å². The molecule has 15 fully saturated rings. The average Bonchev–Trinajstić information content (AvgIpc) is 3.82. The standard InChI is InChI=1S/C54H81NO17/c1-27-10-13-37-30(4)40(61-46-52(37)34(27)16-19-49(7,64-46)67-70-52)22-43(56)55-25-33(60-45(58)24-42-32(6)39-15-12-29(3)36-18-21-51(9)66-48(63-42)54(36,39)72-69-51)26-59-44(57)23-41-31(5)38-14-11-28(2)35-17-20-50(8)65-47(62-41)53(35,38)71-68-50/h27-42,46-48H,10-26H2,1-9H3,(H,55,56)/t27-,28-,29-,30-,31-,32-,33?,34+,35+,36+,37+,38+,39+,40?,41?,42?,46-,47-,48-,49?,50?,51?,52-,53-,54-/m1/s1. The highest BCUT2D eigenvalue weighted by atomic mass is 17.3. The van der Waals surface area contributed by atoms with Crippen LogP contribution in [0.3, 0.4) is 0 Å². The minimum Gasteiger partial charge on any atom is -0.462 e. The maximum absolute atomic E-state index is 14.2. The molecule has 12 aliphatic heterocycles. The van der Waals surface area contributed by atoms with E-state index >= 15 is 0 Å². The lowest BCUT2D eigenvalue weighted by Crippen LogP contribution is -2.70. The average molecular weight is 1020 g/mol. The molecule has 3 aliphatic carbocycles. The largest absolute Gasteiger partial charge is 0.462 e. The normalized spacial score (nSPS) is 54.1. The number of ether oxygens (including phenoxy) is 8. The predicted octanol–water partition coefficient (Wildman–Crippen LogP) is 7.48. The fraction of sp³-hybridized carbons (Fsp3) is 0.944. The highest BCUT2D eigenvalue weighted by molar-refractivity contribution is 5.76. The molecule has 72 heavy (non-hydrogen) atoms. The Hall–Kier alpha value is -2.07. The van der Waals surface area contributed by atoms with Crippen LogP contribution in [0, 0.1) is 71.0 Å². The molecule has 3 saturated carbocycles. The van der Waals surface area contributed by atoms with Crippen molar-refractivity contribution in [2.75, 3.05) is 13.2 Å². The van der Waals surface area contributed by atoms with Gasteiger partial charge in [0.1, 0.15) is 6.61 Å². The van der Waals surface area contributed by atoms with Crippen molar-refractivity contribution in [3.8, 4) is 0 Å². The summed E-state index contributed by atoms with van der Waals surface area (Å²) in [5, 5.41) is 3.02. The van der Waals surface area contributed by atoms with Gasteiger partial charge in [-0.15, -0.1) is 0 Å². The van der Waals surface area contributed by atoms with E-state index in [2.05, 4.69) is 46.9 Å². The van der Waals surface area contributed by atoms with Crippen molar-refractivity contribution in [2.45, 2.75) is 236 Å². The maximum Gasteiger partial charge on any atom is 0.308 e. The number of amides is 1. The number of carbonyl (C=O) groups excluding carboxylic acids is 3. The second-order valence-corrected chi connectivity index (χ2v) is 25.5. The van der Waals surface area contributed by atoms with Crippen LogP contribution in [0.25, 0.3) is 0 Å². The molecule has 15 aliphatic rings. The maximum atomic E-state index is 14.2. The van der Waals surface area contributed by atoms with Crippen molar-refractivity contribution in [1.82, 2.24) is 5.32 Å². The molecular formula is C54H81NO17. The van der Waals surface area contributed by atoms with Gasteiger partial charge in [-0.25, -0.2) is 29.3 Å². The third-order valence-corrected chi connectivity index (χ3v) is 21.3. The Morgan fingerprint density at radius 1 is 0.486 bits per heavy atom. The Labute approximate surface area is 423 Å². The third-order valence-electron chi connectivity index (χ3n) is 21.3. The number of hydrogen-bond acceptors (Lipinski definition) is 17. The molecule has 404 valence electrons. The molecule has 0 radical (unpaired) electrons. The van der Waals surface area contributed by atoms with Gasteiger partial charge in [-0.1, -0.05) is 41.5 Å². The molecule has 3 spiro atoms. The molecule has 1 amide bonds. The van der Waals surface area contributed by atoms with E-state index in [1.54, 1.807) is 0 Å². The van der Waals surface area contributed by atoms with Crippen LogP contribution in [0.2, 0.25) is 0 Å². The van der Waals surface area contributed by atoms with E-state index in [1.807, 2.05) is 20.8 Å². The molecular weight excluding hydrogens is 935 g/mol. The van der Waals surface area contributed by atoms with Gasteiger partial charge in [-0.05, 0) is 132 Å². The van der Waals surface area contributed by atoms with Crippen molar-refractivity contribution < 1.29 is 81.6 Å². The zero-order valence-electron chi connectivity index (χ0n) is 43.9. The lowest BCUT2D eigenvalue weighted by Gasteiger charge is -2.60. The van der Waals surface area contributed by atoms with Gasteiger partial charge >= 0.3 is 11.9 Å². The van der Waals surface area contributed by atoms with Crippen LogP contribution < -0.4 is 5.32 Å². The molecule has 18 nitrogen and oxygen atoms in total. The zero-order chi connectivity index (χ0) is 50.3. The van der Waals surface area contributed by atoms with Crippen LogP contribution in [-0.2, 0) is 81.6 Å². The van der Waals surface area contributed by atoms with Crippen LogP contribution in [0.5, 0.6) is 0 Å². The number of rotatable bonds is 11. The molecule has 12 saturated heterocycles. The minimum atomic E-state index is -1.02.